The first kappa shape index (κ1) is 12.1. The molecule has 0 aliphatic carbocycles. The van der Waals surface area contributed by atoms with Gasteiger partial charge in [0.15, 0.2) is 5.82 Å². The van der Waals surface area contributed by atoms with Crippen LogP contribution >= 0.6 is 11.6 Å². The molecule has 5 heteroatoms. The smallest absolute Gasteiger partial charge is 0.165 e. The second kappa shape index (κ2) is 4.31. The van der Waals surface area contributed by atoms with Gasteiger partial charge < -0.3 is 4.90 Å². The summed E-state index contributed by atoms with van der Waals surface area (Å²) >= 11 is 5.74. The topological polar surface area (TPSA) is 27.1 Å². The predicted octanol–water partition coefficient (Wildman–Crippen LogP) is 3.96. The molecular weight excluding hydrogens is 270 g/mol. The van der Waals surface area contributed by atoms with Crippen LogP contribution in [0.15, 0.2) is 36.4 Å². The minimum absolute atomic E-state index is 0.00689. The lowest BCUT2D eigenvalue weighted by atomic mass is 10.1. The fraction of sp³-hybridized carbons (Fsp3) is 0.0714. The minimum Gasteiger partial charge on any atom is -0.319 e. The molecule has 1 N–H and O–H groups in total. The van der Waals surface area contributed by atoms with E-state index in [-0.39, 0.29) is 16.5 Å². The van der Waals surface area contributed by atoms with Crippen molar-refractivity contribution in [1.29, 1.82) is 5.41 Å². The van der Waals surface area contributed by atoms with E-state index < -0.39 is 11.6 Å². The zero-order valence-corrected chi connectivity index (χ0v) is 10.5. The molecule has 1 aliphatic rings. The molecule has 0 atom stereocenters. The number of halogens is 3. The summed E-state index contributed by atoms with van der Waals surface area (Å²) in [6.45, 7) is 0.339. The van der Waals surface area contributed by atoms with Crippen LogP contribution in [0.4, 0.5) is 14.5 Å². The molecule has 0 spiro atoms. The Balaban J connectivity index is 2.07. The maximum atomic E-state index is 14.0. The van der Waals surface area contributed by atoms with Gasteiger partial charge in [0.1, 0.15) is 11.7 Å². The molecule has 0 saturated carbocycles. The summed E-state index contributed by atoms with van der Waals surface area (Å²) in [4.78, 5) is 1.48. The number of nitrogens with one attached hydrogen (secondary N) is 1. The van der Waals surface area contributed by atoms with Gasteiger partial charge in [0.2, 0.25) is 0 Å². The summed E-state index contributed by atoms with van der Waals surface area (Å²) in [5, 5.41) is 8.05. The third-order valence-corrected chi connectivity index (χ3v) is 3.44. The summed E-state index contributed by atoms with van der Waals surface area (Å²) in [5.74, 6) is -0.894. The molecular formula is C14H9ClF2N2. The lowest BCUT2D eigenvalue weighted by molar-refractivity contribution is 0.626. The van der Waals surface area contributed by atoms with Crippen molar-refractivity contribution in [2.75, 3.05) is 4.90 Å². The Kier molecular flexibility index (Phi) is 2.75. The molecule has 2 nitrogen and oxygen atoms in total. The number of rotatable bonds is 1. The van der Waals surface area contributed by atoms with Crippen LogP contribution in [-0.2, 0) is 6.54 Å². The zero-order valence-electron chi connectivity index (χ0n) is 9.75. The van der Waals surface area contributed by atoms with Crippen LogP contribution in [-0.4, -0.2) is 5.84 Å². The zero-order chi connectivity index (χ0) is 13.6. The molecule has 0 unspecified atom stereocenters. The van der Waals surface area contributed by atoms with E-state index in [1.54, 1.807) is 18.2 Å². The van der Waals surface area contributed by atoms with Crippen LogP contribution < -0.4 is 4.90 Å². The number of anilines is 1. The molecule has 0 amide bonds. The Morgan fingerprint density at radius 3 is 2.74 bits per heavy atom. The average molecular weight is 279 g/mol. The highest BCUT2D eigenvalue weighted by Crippen LogP contribution is 2.32. The Labute approximate surface area is 113 Å². The van der Waals surface area contributed by atoms with E-state index in [2.05, 4.69) is 0 Å². The van der Waals surface area contributed by atoms with Crippen LogP contribution in [0.3, 0.4) is 0 Å². The highest BCUT2D eigenvalue weighted by Gasteiger charge is 2.27. The summed E-state index contributed by atoms with van der Waals surface area (Å²) in [5.41, 5.74) is 1.51. The van der Waals surface area contributed by atoms with Gasteiger partial charge in [-0.2, -0.15) is 0 Å². The van der Waals surface area contributed by atoms with E-state index in [1.165, 1.54) is 23.1 Å². The highest BCUT2D eigenvalue weighted by atomic mass is 35.5. The van der Waals surface area contributed by atoms with Gasteiger partial charge in [0, 0.05) is 5.56 Å². The van der Waals surface area contributed by atoms with Crippen molar-refractivity contribution < 1.29 is 8.78 Å². The van der Waals surface area contributed by atoms with Crippen molar-refractivity contribution >= 4 is 23.1 Å². The van der Waals surface area contributed by atoms with E-state index in [1.807, 2.05) is 0 Å². The van der Waals surface area contributed by atoms with Crippen LogP contribution in [0, 0.1) is 17.0 Å². The number of nitrogens with zero attached hydrogens (tertiary/aromatic N) is 1. The first-order chi connectivity index (χ1) is 9.08. The molecule has 0 aromatic heterocycles. The van der Waals surface area contributed by atoms with Crippen molar-refractivity contribution in [3.8, 4) is 0 Å². The van der Waals surface area contributed by atoms with Gasteiger partial charge in [0.25, 0.3) is 0 Å². The van der Waals surface area contributed by atoms with E-state index >= 15 is 0 Å². The summed E-state index contributed by atoms with van der Waals surface area (Å²) < 4.78 is 27.2. The molecule has 2 aromatic carbocycles. The fourth-order valence-corrected chi connectivity index (χ4v) is 2.38. The monoisotopic (exact) mass is 278 g/mol. The standard InChI is InChI=1S/C14H9ClF2N2/c15-11-2-1-3-12(13(11)17)19-7-8-4-5-9(16)6-10(8)14(19)18/h1-6,18H,7H2. The van der Waals surface area contributed by atoms with Crippen molar-refractivity contribution in [3.05, 3.63) is 64.2 Å². The lowest BCUT2D eigenvalue weighted by Crippen LogP contribution is -2.24. The first-order valence-electron chi connectivity index (χ1n) is 5.67. The van der Waals surface area contributed by atoms with Crippen molar-refractivity contribution in [2.24, 2.45) is 0 Å². The van der Waals surface area contributed by atoms with Gasteiger partial charge in [-0.15, -0.1) is 0 Å². The summed E-state index contributed by atoms with van der Waals surface area (Å²) in [6.07, 6.45) is 0. The Morgan fingerprint density at radius 2 is 1.95 bits per heavy atom. The fourth-order valence-electron chi connectivity index (χ4n) is 2.21. The molecule has 3 rings (SSSR count). The van der Waals surface area contributed by atoms with Gasteiger partial charge in [0.05, 0.1) is 17.3 Å². The molecule has 2 aromatic rings. The maximum Gasteiger partial charge on any atom is 0.165 e. The van der Waals surface area contributed by atoms with Gasteiger partial charge in [-0.1, -0.05) is 23.7 Å². The van der Waals surface area contributed by atoms with E-state index in [9.17, 15) is 8.78 Å². The van der Waals surface area contributed by atoms with Crippen LogP contribution in [0.1, 0.15) is 11.1 Å². The number of fused-ring (bicyclic) bond motifs is 1. The van der Waals surface area contributed by atoms with Crippen molar-refractivity contribution in [1.82, 2.24) is 0 Å². The molecule has 0 saturated heterocycles. The number of hydrogen-bond acceptors (Lipinski definition) is 1. The predicted molar refractivity (Wildman–Crippen MR) is 70.8 cm³/mol. The van der Waals surface area contributed by atoms with Gasteiger partial charge in [-0.25, -0.2) is 8.78 Å². The van der Waals surface area contributed by atoms with E-state index in [4.69, 9.17) is 17.0 Å². The average Bonchev–Trinajstić information content (AvgIpc) is 2.70. The Hall–Kier alpha value is -1.94. The van der Waals surface area contributed by atoms with Crippen molar-refractivity contribution in [2.45, 2.75) is 6.54 Å². The van der Waals surface area contributed by atoms with Gasteiger partial charge in [-0.3, -0.25) is 5.41 Å². The summed E-state index contributed by atoms with van der Waals surface area (Å²) in [7, 11) is 0. The van der Waals surface area contributed by atoms with Crippen LogP contribution in [0.5, 0.6) is 0 Å². The number of benzene rings is 2. The molecule has 0 bridgehead atoms. The molecule has 96 valence electrons. The van der Waals surface area contributed by atoms with Crippen molar-refractivity contribution in [3.63, 3.8) is 0 Å². The Morgan fingerprint density at radius 1 is 1.16 bits per heavy atom. The van der Waals surface area contributed by atoms with Crippen LogP contribution in [0.2, 0.25) is 5.02 Å². The second-order valence-electron chi connectivity index (χ2n) is 4.31. The third kappa shape index (κ3) is 1.88. The normalized spacial score (nSPS) is 13.8. The first-order valence-corrected chi connectivity index (χ1v) is 6.04. The molecule has 1 heterocycles. The molecule has 0 radical (unpaired) electrons. The Bertz CT molecular complexity index is 685. The summed E-state index contributed by atoms with van der Waals surface area (Å²) in [6, 6.07) is 8.87. The molecule has 1 aliphatic heterocycles. The molecule has 19 heavy (non-hydrogen) atoms. The second-order valence-corrected chi connectivity index (χ2v) is 4.72. The largest absolute Gasteiger partial charge is 0.319 e. The minimum atomic E-state index is -0.567. The van der Waals surface area contributed by atoms with Gasteiger partial charge in [-0.05, 0) is 29.8 Å². The highest BCUT2D eigenvalue weighted by molar-refractivity contribution is 6.31. The SMILES string of the molecule is N=C1c2cc(F)ccc2CN1c1cccc(Cl)c1F. The maximum absolute atomic E-state index is 14.0. The third-order valence-electron chi connectivity index (χ3n) is 3.15. The quantitative estimate of drug-likeness (QED) is 0.840. The van der Waals surface area contributed by atoms with Crippen LogP contribution in [0.25, 0.3) is 0 Å². The number of hydrogen-bond donors (Lipinski definition) is 1. The van der Waals surface area contributed by atoms with Gasteiger partial charge >= 0.3 is 0 Å². The lowest BCUT2D eigenvalue weighted by Gasteiger charge is -2.19. The van der Waals surface area contributed by atoms with E-state index in [0.29, 0.717) is 12.1 Å². The van der Waals surface area contributed by atoms with E-state index in [0.717, 1.165) is 5.56 Å². The molecule has 0 fully saturated rings. The number of amidine groups is 1.